The summed E-state index contributed by atoms with van der Waals surface area (Å²) in [4.78, 5) is 4.47. The van der Waals surface area contributed by atoms with Gasteiger partial charge in [-0.2, -0.15) is 0 Å². The van der Waals surface area contributed by atoms with Gasteiger partial charge in [0, 0.05) is 12.1 Å². The summed E-state index contributed by atoms with van der Waals surface area (Å²) >= 11 is 10.7. The van der Waals surface area contributed by atoms with Crippen LogP contribution in [0.1, 0.15) is 5.69 Å². The first-order chi connectivity index (χ1) is 8.11. The van der Waals surface area contributed by atoms with Crippen LogP contribution in [0.5, 0.6) is 0 Å². The molecular formula is C11H9BrClFN2S. The Morgan fingerprint density at radius 2 is 2.29 bits per heavy atom. The molecule has 1 heterocycles. The molecule has 1 aromatic heterocycles. The second-order valence-electron chi connectivity index (χ2n) is 3.40. The molecule has 0 aliphatic carbocycles. The first-order valence-electron chi connectivity index (χ1n) is 4.87. The van der Waals surface area contributed by atoms with Gasteiger partial charge in [0.05, 0.1) is 14.5 Å². The van der Waals surface area contributed by atoms with Crippen LogP contribution in [0.15, 0.2) is 22.0 Å². The summed E-state index contributed by atoms with van der Waals surface area (Å²) in [5.41, 5.74) is 1.76. The maximum atomic E-state index is 13.1. The van der Waals surface area contributed by atoms with Crippen LogP contribution in [-0.2, 0) is 6.54 Å². The van der Waals surface area contributed by atoms with E-state index in [-0.39, 0.29) is 5.02 Å². The fourth-order valence-electron chi connectivity index (χ4n) is 1.36. The van der Waals surface area contributed by atoms with E-state index in [2.05, 4.69) is 26.2 Å². The molecule has 90 valence electrons. The maximum absolute atomic E-state index is 13.1. The van der Waals surface area contributed by atoms with Gasteiger partial charge in [-0.3, -0.25) is 0 Å². The Morgan fingerprint density at radius 3 is 2.94 bits per heavy atom. The number of rotatable bonds is 3. The number of hydrogen-bond acceptors (Lipinski definition) is 3. The fraction of sp³-hybridized carbons (Fsp3) is 0.182. The highest BCUT2D eigenvalue weighted by molar-refractivity contribution is 9.11. The van der Waals surface area contributed by atoms with Crippen molar-refractivity contribution in [2.24, 2.45) is 0 Å². The van der Waals surface area contributed by atoms with Crippen molar-refractivity contribution in [1.29, 1.82) is 0 Å². The number of halogens is 3. The minimum atomic E-state index is -0.415. The van der Waals surface area contributed by atoms with E-state index in [1.807, 2.05) is 7.05 Å². The third-order valence-corrected chi connectivity index (χ3v) is 4.33. The van der Waals surface area contributed by atoms with Gasteiger partial charge < -0.3 is 5.32 Å². The predicted octanol–water partition coefficient (Wildman–Crippen LogP) is 4.08. The molecule has 0 unspecified atom stereocenters. The van der Waals surface area contributed by atoms with Crippen molar-refractivity contribution in [3.8, 4) is 10.6 Å². The zero-order chi connectivity index (χ0) is 12.4. The van der Waals surface area contributed by atoms with E-state index in [0.717, 1.165) is 20.1 Å². The molecule has 0 saturated carbocycles. The summed E-state index contributed by atoms with van der Waals surface area (Å²) in [6.07, 6.45) is 0. The number of nitrogens with one attached hydrogen (secondary N) is 1. The zero-order valence-corrected chi connectivity index (χ0v) is 12.1. The average molecular weight is 336 g/mol. The molecule has 1 aromatic carbocycles. The van der Waals surface area contributed by atoms with Crippen molar-refractivity contribution in [2.75, 3.05) is 7.05 Å². The van der Waals surface area contributed by atoms with Crippen LogP contribution in [0.3, 0.4) is 0 Å². The monoisotopic (exact) mass is 334 g/mol. The normalized spacial score (nSPS) is 10.8. The Kier molecular flexibility index (Phi) is 4.14. The van der Waals surface area contributed by atoms with Crippen LogP contribution >= 0.6 is 38.9 Å². The molecule has 2 nitrogen and oxygen atoms in total. The van der Waals surface area contributed by atoms with Crippen LogP contribution in [0, 0.1) is 5.82 Å². The smallest absolute Gasteiger partial charge is 0.141 e. The van der Waals surface area contributed by atoms with Crippen LogP contribution < -0.4 is 5.32 Å². The molecule has 0 atom stereocenters. The lowest BCUT2D eigenvalue weighted by molar-refractivity contribution is 0.628. The highest BCUT2D eigenvalue weighted by atomic mass is 79.9. The molecular weight excluding hydrogens is 327 g/mol. The standard InChI is InChI=1S/C11H9BrClFN2S/c1-15-5-9-10(12)17-11(16-9)6-2-3-8(14)7(13)4-6/h2-4,15H,5H2,1H3. The van der Waals surface area contributed by atoms with Crippen LogP contribution in [0.2, 0.25) is 5.02 Å². The van der Waals surface area contributed by atoms with Gasteiger partial charge in [0.1, 0.15) is 10.8 Å². The van der Waals surface area contributed by atoms with E-state index >= 15 is 0 Å². The van der Waals surface area contributed by atoms with Crippen LogP contribution in [0.25, 0.3) is 10.6 Å². The minimum Gasteiger partial charge on any atom is -0.314 e. The highest BCUT2D eigenvalue weighted by Gasteiger charge is 2.11. The number of aromatic nitrogens is 1. The molecule has 0 saturated heterocycles. The molecule has 6 heteroatoms. The summed E-state index contributed by atoms with van der Waals surface area (Å²) in [5.74, 6) is -0.415. The van der Waals surface area contributed by atoms with E-state index in [1.54, 1.807) is 12.1 Å². The van der Waals surface area contributed by atoms with Gasteiger partial charge in [-0.25, -0.2) is 9.37 Å². The number of nitrogens with zero attached hydrogens (tertiary/aromatic N) is 1. The first-order valence-corrected chi connectivity index (χ1v) is 6.86. The third kappa shape index (κ3) is 2.85. The summed E-state index contributed by atoms with van der Waals surface area (Å²) in [6.45, 7) is 0.687. The average Bonchev–Trinajstić information content (AvgIpc) is 2.65. The molecule has 0 bridgehead atoms. The van der Waals surface area contributed by atoms with Gasteiger partial charge in [0.25, 0.3) is 0 Å². The number of hydrogen-bond donors (Lipinski definition) is 1. The minimum absolute atomic E-state index is 0.115. The van der Waals surface area contributed by atoms with Gasteiger partial charge in [0.15, 0.2) is 0 Å². The predicted molar refractivity (Wildman–Crippen MR) is 73.0 cm³/mol. The molecule has 2 rings (SSSR count). The summed E-state index contributed by atoms with van der Waals surface area (Å²) < 4.78 is 14.0. The Balaban J connectivity index is 2.39. The second kappa shape index (κ2) is 5.44. The Hall–Kier alpha value is -0.490. The third-order valence-electron chi connectivity index (χ3n) is 2.16. The summed E-state index contributed by atoms with van der Waals surface area (Å²) in [7, 11) is 1.86. The molecule has 0 radical (unpaired) electrons. The van der Waals surface area contributed by atoms with Gasteiger partial charge in [-0.1, -0.05) is 11.6 Å². The number of thiazole rings is 1. The van der Waals surface area contributed by atoms with E-state index in [1.165, 1.54) is 17.4 Å². The Labute approximate surface area is 116 Å². The lowest BCUT2D eigenvalue weighted by atomic mass is 10.2. The van der Waals surface area contributed by atoms with Gasteiger partial charge in [-0.15, -0.1) is 11.3 Å². The molecule has 17 heavy (non-hydrogen) atoms. The quantitative estimate of drug-likeness (QED) is 0.914. The van der Waals surface area contributed by atoms with Crippen LogP contribution in [-0.4, -0.2) is 12.0 Å². The molecule has 0 fully saturated rings. The SMILES string of the molecule is CNCc1nc(-c2ccc(F)c(Cl)c2)sc1Br. The Bertz CT molecular complexity index is 544. The van der Waals surface area contributed by atoms with E-state index in [4.69, 9.17) is 11.6 Å². The molecule has 0 aliphatic heterocycles. The molecule has 0 aliphatic rings. The zero-order valence-electron chi connectivity index (χ0n) is 8.93. The summed E-state index contributed by atoms with van der Waals surface area (Å²) in [6, 6.07) is 4.62. The largest absolute Gasteiger partial charge is 0.314 e. The maximum Gasteiger partial charge on any atom is 0.141 e. The molecule has 0 amide bonds. The van der Waals surface area contributed by atoms with E-state index < -0.39 is 5.82 Å². The van der Waals surface area contributed by atoms with Crippen molar-refractivity contribution >= 4 is 38.9 Å². The van der Waals surface area contributed by atoms with Gasteiger partial charge >= 0.3 is 0 Å². The van der Waals surface area contributed by atoms with E-state index in [9.17, 15) is 4.39 Å². The topological polar surface area (TPSA) is 24.9 Å². The van der Waals surface area contributed by atoms with Crippen molar-refractivity contribution in [3.63, 3.8) is 0 Å². The van der Waals surface area contributed by atoms with Crippen molar-refractivity contribution in [3.05, 3.63) is 38.5 Å². The summed E-state index contributed by atoms with van der Waals surface area (Å²) in [5, 5.41) is 3.98. The van der Waals surface area contributed by atoms with Crippen molar-refractivity contribution < 1.29 is 4.39 Å². The number of benzene rings is 1. The lowest BCUT2D eigenvalue weighted by Crippen LogP contribution is -2.05. The van der Waals surface area contributed by atoms with Gasteiger partial charge in [0.2, 0.25) is 0 Å². The van der Waals surface area contributed by atoms with E-state index in [0.29, 0.717) is 6.54 Å². The van der Waals surface area contributed by atoms with Crippen LogP contribution in [0.4, 0.5) is 4.39 Å². The molecule has 1 N–H and O–H groups in total. The Morgan fingerprint density at radius 1 is 1.53 bits per heavy atom. The molecule has 0 spiro atoms. The second-order valence-corrected chi connectivity index (χ2v) is 6.12. The fourth-order valence-corrected chi connectivity index (χ4v) is 3.04. The van der Waals surface area contributed by atoms with Gasteiger partial charge in [-0.05, 0) is 41.2 Å². The van der Waals surface area contributed by atoms with Crippen molar-refractivity contribution in [2.45, 2.75) is 6.54 Å². The first kappa shape index (κ1) is 13.0. The lowest BCUT2D eigenvalue weighted by Gasteiger charge is -1.98. The van der Waals surface area contributed by atoms with Crippen molar-refractivity contribution in [1.82, 2.24) is 10.3 Å². The molecule has 2 aromatic rings. The highest BCUT2D eigenvalue weighted by Crippen LogP contribution is 2.33.